The highest BCUT2D eigenvalue weighted by molar-refractivity contribution is 5.79. The van der Waals surface area contributed by atoms with Gasteiger partial charge in [0, 0.05) is 12.1 Å². The Morgan fingerprint density at radius 2 is 1.76 bits per heavy atom. The maximum atomic E-state index is 12.0. The number of nitrogens with zero attached hydrogens (tertiary/aromatic N) is 1. The Balaban J connectivity index is 1.62. The smallest absolute Gasteiger partial charge is 0.314 e. The molecule has 2 unspecified atom stereocenters. The highest BCUT2D eigenvalue weighted by atomic mass is 16.6. The summed E-state index contributed by atoms with van der Waals surface area (Å²) >= 11 is 0. The Morgan fingerprint density at radius 3 is 2.38 bits per heavy atom. The number of non-ortho nitro benzene ring substituents is 1. The van der Waals surface area contributed by atoms with Crippen LogP contribution in [0.1, 0.15) is 17.9 Å². The first-order chi connectivity index (χ1) is 10.1. The normalized spacial score (nSPS) is 19.8. The van der Waals surface area contributed by atoms with Crippen LogP contribution in [0.15, 0.2) is 54.6 Å². The summed E-state index contributed by atoms with van der Waals surface area (Å²) in [7, 11) is 0. The Labute approximate surface area is 121 Å². The molecule has 1 fully saturated rings. The lowest BCUT2D eigenvalue weighted by atomic mass is 10.1. The number of nitro groups is 1. The van der Waals surface area contributed by atoms with Crippen molar-refractivity contribution in [3.8, 4) is 5.75 Å². The zero-order valence-corrected chi connectivity index (χ0v) is 11.1. The minimum Gasteiger partial charge on any atom is -0.426 e. The highest BCUT2D eigenvalue weighted by Gasteiger charge is 2.45. The van der Waals surface area contributed by atoms with Crippen molar-refractivity contribution < 1.29 is 14.5 Å². The molecule has 5 nitrogen and oxygen atoms in total. The van der Waals surface area contributed by atoms with Crippen LogP contribution in [0, 0.1) is 16.0 Å². The number of rotatable bonds is 4. The lowest BCUT2D eigenvalue weighted by molar-refractivity contribution is -0.384. The largest absolute Gasteiger partial charge is 0.426 e. The van der Waals surface area contributed by atoms with Crippen molar-refractivity contribution in [2.45, 2.75) is 12.3 Å². The van der Waals surface area contributed by atoms with Crippen LogP contribution < -0.4 is 4.74 Å². The van der Waals surface area contributed by atoms with Crippen LogP contribution in [0.4, 0.5) is 5.69 Å². The van der Waals surface area contributed by atoms with Gasteiger partial charge in [-0.05, 0) is 30.0 Å². The molecule has 0 saturated heterocycles. The van der Waals surface area contributed by atoms with Crippen molar-refractivity contribution in [3.63, 3.8) is 0 Å². The number of carbonyl (C=O) groups excluding carboxylic acids is 1. The van der Waals surface area contributed by atoms with E-state index in [1.807, 2.05) is 30.3 Å². The SMILES string of the molecule is O=C(Oc1ccc([N+](=O)[O-])cc1)C1CC1c1ccccc1. The Hall–Kier alpha value is -2.69. The van der Waals surface area contributed by atoms with E-state index in [1.165, 1.54) is 24.3 Å². The van der Waals surface area contributed by atoms with Crippen LogP contribution in [0.3, 0.4) is 0 Å². The summed E-state index contributed by atoms with van der Waals surface area (Å²) in [6.45, 7) is 0. The van der Waals surface area contributed by atoms with E-state index in [2.05, 4.69) is 0 Å². The molecule has 1 saturated carbocycles. The lowest BCUT2D eigenvalue weighted by Gasteiger charge is -2.04. The number of nitro benzene ring substituents is 1. The molecule has 0 bridgehead atoms. The second-order valence-corrected chi connectivity index (χ2v) is 5.03. The highest BCUT2D eigenvalue weighted by Crippen LogP contribution is 2.48. The predicted molar refractivity (Wildman–Crippen MR) is 76.0 cm³/mol. The number of carbonyl (C=O) groups is 1. The van der Waals surface area contributed by atoms with E-state index >= 15 is 0 Å². The van der Waals surface area contributed by atoms with Crippen molar-refractivity contribution in [2.75, 3.05) is 0 Å². The van der Waals surface area contributed by atoms with E-state index in [9.17, 15) is 14.9 Å². The van der Waals surface area contributed by atoms with Gasteiger partial charge in [-0.15, -0.1) is 0 Å². The lowest BCUT2D eigenvalue weighted by Crippen LogP contribution is -2.11. The molecular formula is C16H13NO4. The quantitative estimate of drug-likeness (QED) is 0.373. The van der Waals surface area contributed by atoms with Crippen LogP contribution in [0.25, 0.3) is 0 Å². The van der Waals surface area contributed by atoms with E-state index in [1.54, 1.807) is 0 Å². The van der Waals surface area contributed by atoms with E-state index in [-0.39, 0.29) is 23.5 Å². The molecule has 1 aliphatic carbocycles. The van der Waals surface area contributed by atoms with Crippen LogP contribution in [0.5, 0.6) is 5.75 Å². The van der Waals surface area contributed by atoms with Gasteiger partial charge < -0.3 is 4.74 Å². The van der Waals surface area contributed by atoms with Crippen molar-refractivity contribution in [1.29, 1.82) is 0 Å². The Morgan fingerprint density at radius 1 is 1.10 bits per heavy atom. The van der Waals surface area contributed by atoms with Crippen molar-refractivity contribution in [3.05, 3.63) is 70.3 Å². The second kappa shape index (κ2) is 5.36. The van der Waals surface area contributed by atoms with Gasteiger partial charge in [0.2, 0.25) is 0 Å². The summed E-state index contributed by atoms with van der Waals surface area (Å²) < 4.78 is 5.26. The molecule has 21 heavy (non-hydrogen) atoms. The number of esters is 1. The van der Waals surface area contributed by atoms with Gasteiger partial charge in [0.05, 0.1) is 10.8 Å². The summed E-state index contributed by atoms with van der Waals surface area (Å²) in [6, 6.07) is 15.4. The Bertz CT molecular complexity index is 666. The molecule has 106 valence electrons. The van der Waals surface area contributed by atoms with Crippen LogP contribution in [-0.2, 0) is 4.79 Å². The van der Waals surface area contributed by atoms with Crippen molar-refractivity contribution in [2.24, 2.45) is 5.92 Å². The maximum absolute atomic E-state index is 12.0. The number of benzene rings is 2. The maximum Gasteiger partial charge on any atom is 0.314 e. The molecule has 2 aromatic rings. The number of ether oxygens (including phenoxy) is 1. The fraction of sp³-hybridized carbons (Fsp3) is 0.188. The van der Waals surface area contributed by atoms with E-state index in [0.717, 1.165) is 12.0 Å². The monoisotopic (exact) mass is 283 g/mol. The predicted octanol–water partition coefficient (Wildman–Crippen LogP) is 3.30. The third-order valence-electron chi connectivity index (χ3n) is 3.59. The molecule has 0 heterocycles. The molecule has 0 amide bonds. The third kappa shape index (κ3) is 2.91. The summed E-state index contributed by atoms with van der Waals surface area (Å²) in [6.07, 6.45) is 0.788. The van der Waals surface area contributed by atoms with Crippen molar-refractivity contribution in [1.82, 2.24) is 0 Å². The molecule has 5 heteroatoms. The first kappa shape index (κ1) is 13.3. The molecule has 0 N–H and O–H groups in total. The fourth-order valence-corrected chi connectivity index (χ4v) is 2.35. The summed E-state index contributed by atoms with van der Waals surface area (Å²) in [5.74, 6) is 0.154. The standard InChI is InChI=1S/C16H13NO4/c18-16(15-10-14(15)11-4-2-1-3-5-11)21-13-8-6-12(7-9-13)17(19)20/h1-9,14-15H,10H2. The molecule has 2 aromatic carbocycles. The first-order valence-corrected chi connectivity index (χ1v) is 6.66. The minimum absolute atomic E-state index is 0.0246. The molecule has 0 spiro atoms. The average molecular weight is 283 g/mol. The van der Waals surface area contributed by atoms with Crippen molar-refractivity contribution >= 4 is 11.7 Å². The molecular weight excluding hydrogens is 270 g/mol. The van der Waals surface area contributed by atoms with Gasteiger partial charge in [-0.2, -0.15) is 0 Å². The molecule has 3 rings (SSSR count). The summed E-state index contributed by atoms with van der Waals surface area (Å²) in [5.41, 5.74) is 1.12. The van der Waals surface area contributed by atoms with Gasteiger partial charge in [0.25, 0.3) is 5.69 Å². The van der Waals surface area contributed by atoms with E-state index in [0.29, 0.717) is 5.75 Å². The topological polar surface area (TPSA) is 69.4 Å². The Kier molecular flexibility index (Phi) is 3.39. The van der Waals surface area contributed by atoms with Gasteiger partial charge in [0.1, 0.15) is 5.75 Å². The van der Waals surface area contributed by atoms with Gasteiger partial charge in [-0.1, -0.05) is 30.3 Å². The molecule has 0 aliphatic heterocycles. The first-order valence-electron chi connectivity index (χ1n) is 6.66. The molecule has 1 aliphatic rings. The van der Waals surface area contributed by atoms with E-state index < -0.39 is 4.92 Å². The summed E-state index contributed by atoms with van der Waals surface area (Å²) in [4.78, 5) is 22.1. The molecule has 2 atom stereocenters. The number of hydrogen-bond donors (Lipinski definition) is 0. The third-order valence-corrected chi connectivity index (χ3v) is 3.59. The number of hydrogen-bond acceptors (Lipinski definition) is 4. The summed E-state index contributed by atoms with van der Waals surface area (Å²) in [5, 5.41) is 10.6. The average Bonchev–Trinajstić information content (AvgIpc) is 3.29. The zero-order valence-electron chi connectivity index (χ0n) is 11.1. The van der Waals surface area contributed by atoms with Crippen LogP contribution in [-0.4, -0.2) is 10.9 Å². The van der Waals surface area contributed by atoms with Crippen LogP contribution in [0.2, 0.25) is 0 Å². The van der Waals surface area contributed by atoms with Gasteiger partial charge in [-0.3, -0.25) is 14.9 Å². The molecule has 0 radical (unpaired) electrons. The molecule has 0 aromatic heterocycles. The van der Waals surface area contributed by atoms with Gasteiger partial charge in [0.15, 0.2) is 0 Å². The fourth-order valence-electron chi connectivity index (χ4n) is 2.35. The van der Waals surface area contributed by atoms with Gasteiger partial charge in [-0.25, -0.2) is 0 Å². The second-order valence-electron chi connectivity index (χ2n) is 5.03. The van der Waals surface area contributed by atoms with Crippen LogP contribution >= 0.6 is 0 Å². The zero-order chi connectivity index (χ0) is 14.8. The van der Waals surface area contributed by atoms with Gasteiger partial charge >= 0.3 is 5.97 Å². The van der Waals surface area contributed by atoms with E-state index in [4.69, 9.17) is 4.74 Å². The minimum atomic E-state index is -0.488.